The molecule has 2 aromatic rings. The van der Waals surface area contributed by atoms with E-state index in [9.17, 15) is 13.2 Å². The highest BCUT2D eigenvalue weighted by Gasteiger charge is 2.30. The van der Waals surface area contributed by atoms with E-state index in [0.717, 1.165) is 31.4 Å². The van der Waals surface area contributed by atoms with Gasteiger partial charge in [0.1, 0.15) is 10.6 Å². The number of benzene rings is 2. The molecule has 0 aromatic heterocycles. The van der Waals surface area contributed by atoms with Gasteiger partial charge in [-0.3, -0.25) is 4.79 Å². The zero-order chi connectivity index (χ0) is 22.0. The van der Waals surface area contributed by atoms with Crippen LogP contribution < -0.4 is 15.0 Å². The lowest BCUT2D eigenvalue weighted by molar-refractivity contribution is -0.115. The fourth-order valence-electron chi connectivity index (χ4n) is 4.43. The molecule has 0 aliphatic carbocycles. The predicted octanol–water partition coefficient (Wildman–Crippen LogP) is 3.26. The minimum absolute atomic E-state index is 0.0922. The van der Waals surface area contributed by atoms with Gasteiger partial charge < -0.3 is 15.0 Å². The van der Waals surface area contributed by atoms with Gasteiger partial charge >= 0.3 is 0 Å². The number of anilines is 2. The van der Waals surface area contributed by atoms with Gasteiger partial charge in [-0.1, -0.05) is 24.6 Å². The second-order valence-electron chi connectivity index (χ2n) is 8.19. The number of fused-ring (bicyclic) bond motifs is 1. The Kier molecular flexibility index (Phi) is 6.20. The predicted molar refractivity (Wildman–Crippen MR) is 121 cm³/mol. The summed E-state index contributed by atoms with van der Waals surface area (Å²) < 4.78 is 33.2. The SMILES string of the molecule is COc1ccc(NC(=O)CN2c3ccccc3CC2C)cc1S(=O)(=O)N1CCCCC1. The number of nitrogens with one attached hydrogen (secondary N) is 1. The van der Waals surface area contributed by atoms with Crippen molar-refractivity contribution in [2.75, 3.05) is 37.0 Å². The largest absolute Gasteiger partial charge is 0.495 e. The van der Waals surface area contributed by atoms with Crippen molar-refractivity contribution in [2.45, 2.75) is 43.5 Å². The molecule has 1 N–H and O–H groups in total. The van der Waals surface area contributed by atoms with E-state index in [-0.39, 0.29) is 29.1 Å². The number of carbonyl (C=O) groups excluding carboxylic acids is 1. The summed E-state index contributed by atoms with van der Waals surface area (Å²) in [5.74, 6) is 0.0979. The normalized spacial score (nSPS) is 19.2. The third kappa shape index (κ3) is 4.41. The zero-order valence-electron chi connectivity index (χ0n) is 18.0. The average Bonchev–Trinajstić information content (AvgIpc) is 3.09. The molecule has 0 bridgehead atoms. The lowest BCUT2D eigenvalue weighted by Gasteiger charge is -2.27. The molecule has 0 radical (unpaired) electrons. The van der Waals surface area contributed by atoms with Crippen molar-refractivity contribution in [3.63, 3.8) is 0 Å². The van der Waals surface area contributed by atoms with Crippen LogP contribution >= 0.6 is 0 Å². The van der Waals surface area contributed by atoms with E-state index in [1.165, 1.54) is 23.0 Å². The van der Waals surface area contributed by atoms with E-state index in [1.807, 2.05) is 18.2 Å². The number of piperidine rings is 1. The minimum Gasteiger partial charge on any atom is -0.495 e. The second kappa shape index (κ2) is 8.88. The molecular formula is C23H29N3O4S. The average molecular weight is 444 g/mol. The van der Waals surface area contributed by atoms with Crippen LogP contribution in [-0.2, 0) is 21.2 Å². The Morgan fingerprint density at radius 1 is 1.13 bits per heavy atom. The van der Waals surface area contributed by atoms with Crippen LogP contribution in [0.25, 0.3) is 0 Å². The van der Waals surface area contributed by atoms with Crippen LogP contribution in [0.15, 0.2) is 47.4 Å². The van der Waals surface area contributed by atoms with Crippen LogP contribution in [0.3, 0.4) is 0 Å². The highest BCUT2D eigenvalue weighted by molar-refractivity contribution is 7.89. The van der Waals surface area contributed by atoms with Crippen molar-refractivity contribution in [3.8, 4) is 5.75 Å². The van der Waals surface area contributed by atoms with Gasteiger partial charge in [-0.15, -0.1) is 0 Å². The Morgan fingerprint density at radius 2 is 1.87 bits per heavy atom. The van der Waals surface area contributed by atoms with E-state index in [2.05, 4.69) is 23.2 Å². The smallest absolute Gasteiger partial charge is 0.246 e. The van der Waals surface area contributed by atoms with Gasteiger partial charge in [-0.05, 0) is 56.0 Å². The lowest BCUT2D eigenvalue weighted by Crippen LogP contribution is -2.37. The molecule has 1 amide bonds. The molecule has 2 aliphatic heterocycles. The summed E-state index contributed by atoms with van der Waals surface area (Å²) in [6.07, 6.45) is 3.66. The molecule has 2 heterocycles. The van der Waals surface area contributed by atoms with Crippen LogP contribution in [0.2, 0.25) is 0 Å². The van der Waals surface area contributed by atoms with Crippen molar-refractivity contribution in [2.24, 2.45) is 0 Å². The quantitative estimate of drug-likeness (QED) is 0.741. The Balaban J connectivity index is 1.53. The molecular weight excluding hydrogens is 414 g/mol. The van der Waals surface area contributed by atoms with Gasteiger partial charge in [-0.25, -0.2) is 8.42 Å². The summed E-state index contributed by atoms with van der Waals surface area (Å²) in [6, 6.07) is 13.1. The fraction of sp³-hybridized carbons (Fsp3) is 0.435. The van der Waals surface area contributed by atoms with Gasteiger partial charge in [0.25, 0.3) is 0 Å². The summed E-state index contributed by atoms with van der Waals surface area (Å²) in [7, 11) is -2.23. The maximum absolute atomic E-state index is 13.2. The number of carbonyl (C=O) groups is 1. The number of sulfonamides is 1. The summed E-state index contributed by atoms with van der Waals surface area (Å²) in [5, 5.41) is 2.87. The minimum atomic E-state index is -3.69. The number of methoxy groups -OCH3 is 1. The first-order valence-corrected chi connectivity index (χ1v) is 12.2. The first kappa shape index (κ1) is 21.6. The number of rotatable bonds is 6. The summed E-state index contributed by atoms with van der Waals surface area (Å²) in [5.41, 5.74) is 2.76. The Bertz CT molecular complexity index is 1060. The van der Waals surface area contributed by atoms with Crippen LogP contribution in [0, 0.1) is 0 Å². The molecule has 2 aliphatic rings. The Morgan fingerprint density at radius 3 is 2.61 bits per heavy atom. The van der Waals surface area contributed by atoms with Gasteiger partial charge in [0.15, 0.2) is 0 Å². The van der Waals surface area contributed by atoms with E-state index in [0.29, 0.717) is 18.8 Å². The first-order valence-electron chi connectivity index (χ1n) is 10.7. The number of amides is 1. The molecule has 1 fully saturated rings. The maximum Gasteiger partial charge on any atom is 0.246 e. The second-order valence-corrected chi connectivity index (χ2v) is 10.1. The van der Waals surface area contributed by atoms with Crippen molar-refractivity contribution < 1.29 is 17.9 Å². The molecule has 4 rings (SSSR count). The number of para-hydroxylation sites is 1. The summed E-state index contributed by atoms with van der Waals surface area (Å²) in [4.78, 5) is 15.0. The van der Waals surface area contributed by atoms with Gasteiger partial charge in [0.2, 0.25) is 15.9 Å². The number of hydrogen-bond donors (Lipinski definition) is 1. The molecule has 1 atom stereocenters. The molecule has 1 saturated heterocycles. The molecule has 166 valence electrons. The van der Waals surface area contributed by atoms with Crippen LogP contribution in [0.5, 0.6) is 5.75 Å². The Labute approximate surface area is 184 Å². The molecule has 7 nitrogen and oxygen atoms in total. The third-order valence-corrected chi connectivity index (χ3v) is 7.96. The van der Waals surface area contributed by atoms with E-state index >= 15 is 0 Å². The third-order valence-electron chi connectivity index (χ3n) is 6.04. The van der Waals surface area contributed by atoms with E-state index < -0.39 is 10.0 Å². The molecule has 0 spiro atoms. The van der Waals surface area contributed by atoms with E-state index in [4.69, 9.17) is 4.74 Å². The van der Waals surface area contributed by atoms with E-state index in [1.54, 1.807) is 12.1 Å². The Hall–Kier alpha value is -2.58. The van der Waals surface area contributed by atoms with Crippen molar-refractivity contribution in [1.82, 2.24) is 4.31 Å². The maximum atomic E-state index is 13.2. The topological polar surface area (TPSA) is 79.0 Å². The zero-order valence-corrected chi connectivity index (χ0v) is 18.8. The molecule has 8 heteroatoms. The fourth-order valence-corrected chi connectivity index (χ4v) is 6.12. The number of hydrogen-bond acceptors (Lipinski definition) is 5. The first-order chi connectivity index (χ1) is 14.9. The number of ether oxygens (including phenoxy) is 1. The summed E-state index contributed by atoms with van der Waals surface area (Å²) >= 11 is 0. The standard InChI is InChI=1S/C23H29N3O4S/c1-17-14-18-8-4-5-9-20(18)26(17)16-23(27)24-19-10-11-21(30-2)22(15-19)31(28,29)25-12-6-3-7-13-25/h4-5,8-11,15,17H,3,6-7,12-14,16H2,1-2H3,(H,24,27). The van der Waals surface area contributed by atoms with Crippen molar-refractivity contribution in [1.29, 1.82) is 0 Å². The lowest BCUT2D eigenvalue weighted by atomic mass is 10.1. The highest BCUT2D eigenvalue weighted by Crippen LogP contribution is 2.33. The van der Waals surface area contributed by atoms with Crippen LogP contribution in [-0.4, -0.2) is 51.4 Å². The monoisotopic (exact) mass is 443 g/mol. The summed E-state index contributed by atoms with van der Waals surface area (Å²) in [6.45, 7) is 3.32. The van der Waals surface area contributed by atoms with Crippen molar-refractivity contribution >= 4 is 27.3 Å². The number of nitrogens with zero attached hydrogens (tertiary/aromatic N) is 2. The highest BCUT2D eigenvalue weighted by atomic mass is 32.2. The molecule has 1 unspecified atom stereocenters. The molecule has 0 saturated carbocycles. The van der Waals surface area contributed by atoms with Gasteiger partial charge in [-0.2, -0.15) is 4.31 Å². The van der Waals surface area contributed by atoms with Gasteiger partial charge in [0, 0.05) is 30.5 Å². The molecule has 2 aromatic carbocycles. The van der Waals surface area contributed by atoms with Crippen molar-refractivity contribution in [3.05, 3.63) is 48.0 Å². The van der Waals surface area contributed by atoms with Gasteiger partial charge in [0.05, 0.1) is 13.7 Å². The van der Waals surface area contributed by atoms with Crippen LogP contribution in [0.1, 0.15) is 31.7 Å². The molecule has 31 heavy (non-hydrogen) atoms. The van der Waals surface area contributed by atoms with Crippen LogP contribution in [0.4, 0.5) is 11.4 Å².